The average molecular weight is 294 g/mol. The number of hydrogen-bond acceptors (Lipinski definition) is 5. The highest BCUT2D eigenvalue weighted by molar-refractivity contribution is 5.94. The van der Waals surface area contributed by atoms with Gasteiger partial charge in [-0.1, -0.05) is 11.6 Å². The second-order valence-corrected chi connectivity index (χ2v) is 4.23. The topological polar surface area (TPSA) is 93.7 Å². The van der Waals surface area contributed by atoms with E-state index >= 15 is 0 Å². The van der Waals surface area contributed by atoms with Gasteiger partial charge in [-0.2, -0.15) is 0 Å². The molecule has 0 heterocycles. The average Bonchev–Trinajstić information content (AvgIpc) is 2.49. The van der Waals surface area contributed by atoms with Crippen LogP contribution in [0.1, 0.15) is 15.9 Å². The number of hydrogen-bond donors (Lipinski definition) is 2. The Morgan fingerprint density at radius 3 is 2.52 bits per heavy atom. The Labute approximate surface area is 122 Å². The number of methoxy groups -OCH3 is 1. The van der Waals surface area contributed by atoms with E-state index in [0.29, 0.717) is 5.75 Å². The van der Waals surface area contributed by atoms with Crippen LogP contribution >= 0.6 is 0 Å². The predicted octanol–water partition coefficient (Wildman–Crippen LogP) is 0.0226. The van der Waals surface area contributed by atoms with E-state index in [4.69, 9.17) is 9.47 Å². The van der Waals surface area contributed by atoms with Crippen LogP contribution in [0.5, 0.6) is 5.75 Å². The number of esters is 1. The number of ether oxygens (including phenoxy) is 2. The molecule has 114 valence electrons. The van der Waals surface area contributed by atoms with Gasteiger partial charge < -0.3 is 20.1 Å². The van der Waals surface area contributed by atoms with Crippen molar-refractivity contribution < 1.29 is 23.9 Å². The van der Waals surface area contributed by atoms with Crippen LogP contribution in [-0.2, 0) is 14.3 Å². The lowest BCUT2D eigenvalue weighted by atomic mass is 10.1. The molecule has 0 spiro atoms. The smallest absolute Gasteiger partial charge is 0.342 e. The summed E-state index contributed by atoms with van der Waals surface area (Å²) in [5.74, 6) is -1.18. The van der Waals surface area contributed by atoms with E-state index in [1.807, 2.05) is 6.92 Å². The summed E-state index contributed by atoms with van der Waals surface area (Å²) in [6, 6.07) is 5.06. The number of benzene rings is 1. The largest absolute Gasteiger partial charge is 0.496 e. The first-order valence-corrected chi connectivity index (χ1v) is 6.27. The molecular formula is C14H18N2O5. The Morgan fingerprint density at radius 1 is 1.19 bits per heavy atom. The number of rotatable bonds is 6. The van der Waals surface area contributed by atoms with Crippen LogP contribution in [0.3, 0.4) is 0 Å². The van der Waals surface area contributed by atoms with Crippen LogP contribution in [0.25, 0.3) is 0 Å². The Hall–Kier alpha value is -2.57. The summed E-state index contributed by atoms with van der Waals surface area (Å²) >= 11 is 0. The second-order valence-electron chi connectivity index (χ2n) is 4.23. The zero-order valence-electron chi connectivity index (χ0n) is 12.2. The Kier molecular flexibility index (Phi) is 6.19. The van der Waals surface area contributed by atoms with Gasteiger partial charge in [-0.05, 0) is 19.1 Å². The van der Waals surface area contributed by atoms with E-state index in [9.17, 15) is 14.4 Å². The highest BCUT2D eigenvalue weighted by Gasteiger charge is 2.15. The maximum atomic E-state index is 11.9. The highest BCUT2D eigenvalue weighted by Crippen LogP contribution is 2.20. The standard InChI is InChI=1S/C14H18N2O5/c1-9-4-5-11(20-3)10(6-9)14(19)21-8-13(18)16-7-12(17)15-2/h4-6H,7-8H2,1-3H3,(H,15,17)(H,16,18). The summed E-state index contributed by atoms with van der Waals surface area (Å²) in [6.07, 6.45) is 0. The third-order valence-corrected chi connectivity index (χ3v) is 2.63. The SMILES string of the molecule is CNC(=O)CNC(=O)COC(=O)c1cc(C)ccc1OC. The van der Waals surface area contributed by atoms with Gasteiger partial charge in [0.25, 0.3) is 5.91 Å². The minimum absolute atomic E-state index is 0.166. The molecule has 2 amide bonds. The van der Waals surface area contributed by atoms with Crippen LogP contribution < -0.4 is 15.4 Å². The van der Waals surface area contributed by atoms with Crippen molar-refractivity contribution in [2.24, 2.45) is 0 Å². The molecule has 1 aromatic rings. The van der Waals surface area contributed by atoms with Gasteiger partial charge in [-0.25, -0.2) is 4.79 Å². The lowest BCUT2D eigenvalue weighted by Crippen LogP contribution is -2.37. The van der Waals surface area contributed by atoms with Gasteiger partial charge in [0, 0.05) is 7.05 Å². The molecule has 1 aromatic carbocycles. The first kappa shape index (κ1) is 16.5. The van der Waals surface area contributed by atoms with Crippen LogP contribution in [0.4, 0.5) is 0 Å². The summed E-state index contributed by atoms with van der Waals surface area (Å²) < 4.78 is 9.96. The van der Waals surface area contributed by atoms with E-state index in [0.717, 1.165) is 5.56 Å². The lowest BCUT2D eigenvalue weighted by molar-refractivity contribution is -0.127. The summed E-state index contributed by atoms with van der Waals surface area (Å²) in [4.78, 5) is 34.3. The quantitative estimate of drug-likeness (QED) is 0.722. The molecule has 0 saturated heterocycles. The molecule has 21 heavy (non-hydrogen) atoms. The Morgan fingerprint density at radius 2 is 1.90 bits per heavy atom. The molecule has 0 fully saturated rings. The minimum atomic E-state index is -0.661. The number of carbonyl (C=O) groups excluding carboxylic acids is 3. The summed E-state index contributed by atoms with van der Waals surface area (Å²) in [7, 11) is 2.90. The number of carbonyl (C=O) groups is 3. The van der Waals surface area contributed by atoms with Gasteiger partial charge in [0.05, 0.1) is 13.7 Å². The number of likely N-dealkylation sites (N-methyl/N-ethyl adjacent to an activating group) is 1. The summed E-state index contributed by atoms with van der Waals surface area (Å²) in [6.45, 7) is 1.19. The third kappa shape index (κ3) is 5.13. The molecule has 2 N–H and O–H groups in total. The number of aryl methyl sites for hydroxylation is 1. The molecule has 7 nitrogen and oxygen atoms in total. The predicted molar refractivity (Wildman–Crippen MR) is 75.1 cm³/mol. The van der Waals surface area contributed by atoms with Gasteiger partial charge in [-0.3, -0.25) is 9.59 Å². The molecule has 7 heteroatoms. The van der Waals surface area contributed by atoms with Crippen molar-refractivity contribution in [1.29, 1.82) is 0 Å². The fourth-order valence-electron chi connectivity index (χ4n) is 1.51. The lowest BCUT2D eigenvalue weighted by Gasteiger charge is -2.09. The van der Waals surface area contributed by atoms with Crippen LogP contribution in [-0.4, -0.2) is 45.1 Å². The van der Waals surface area contributed by atoms with Crippen molar-refractivity contribution in [1.82, 2.24) is 10.6 Å². The van der Waals surface area contributed by atoms with Gasteiger partial charge >= 0.3 is 5.97 Å². The molecule has 1 rings (SSSR count). The fraction of sp³-hybridized carbons (Fsp3) is 0.357. The Balaban J connectivity index is 2.56. The van der Waals surface area contributed by atoms with Crippen molar-refractivity contribution in [2.75, 3.05) is 27.3 Å². The van der Waals surface area contributed by atoms with E-state index < -0.39 is 18.5 Å². The van der Waals surface area contributed by atoms with Gasteiger partial charge in [0.2, 0.25) is 5.91 Å². The van der Waals surface area contributed by atoms with E-state index in [-0.39, 0.29) is 18.0 Å². The fourth-order valence-corrected chi connectivity index (χ4v) is 1.51. The minimum Gasteiger partial charge on any atom is -0.496 e. The van der Waals surface area contributed by atoms with Crippen molar-refractivity contribution in [3.8, 4) is 5.75 Å². The Bertz CT molecular complexity index is 542. The molecule has 0 aliphatic heterocycles. The summed E-state index contributed by atoms with van der Waals surface area (Å²) in [5.41, 5.74) is 1.11. The van der Waals surface area contributed by atoms with E-state index in [1.54, 1.807) is 18.2 Å². The summed E-state index contributed by atoms with van der Waals surface area (Å²) in [5, 5.41) is 4.68. The van der Waals surface area contributed by atoms with Gasteiger partial charge in [0.15, 0.2) is 6.61 Å². The molecule has 0 bridgehead atoms. The zero-order chi connectivity index (χ0) is 15.8. The monoisotopic (exact) mass is 294 g/mol. The second kappa shape index (κ2) is 7.88. The number of amides is 2. The van der Waals surface area contributed by atoms with Crippen molar-refractivity contribution >= 4 is 17.8 Å². The molecule has 0 aromatic heterocycles. The third-order valence-electron chi connectivity index (χ3n) is 2.63. The van der Waals surface area contributed by atoms with E-state index in [1.165, 1.54) is 14.2 Å². The van der Waals surface area contributed by atoms with Gasteiger partial charge in [-0.15, -0.1) is 0 Å². The molecule has 0 aliphatic rings. The normalized spacial score (nSPS) is 9.67. The van der Waals surface area contributed by atoms with Crippen LogP contribution in [0, 0.1) is 6.92 Å². The van der Waals surface area contributed by atoms with Crippen molar-refractivity contribution in [2.45, 2.75) is 6.92 Å². The number of nitrogens with one attached hydrogen (secondary N) is 2. The molecule has 0 unspecified atom stereocenters. The first-order chi connectivity index (χ1) is 9.97. The van der Waals surface area contributed by atoms with Crippen molar-refractivity contribution in [3.05, 3.63) is 29.3 Å². The van der Waals surface area contributed by atoms with Gasteiger partial charge in [0.1, 0.15) is 11.3 Å². The van der Waals surface area contributed by atoms with Crippen molar-refractivity contribution in [3.63, 3.8) is 0 Å². The first-order valence-electron chi connectivity index (χ1n) is 6.27. The van der Waals surface area contributed by atoms with E-state index in [2.05, 4.69) is 10.6 Å². The molecule has 0 radical (unpaired) electrons. The molecule has 0 atom stereocenters. The van der Waals surface area contributed by atoms with Crippen LogP contribution in [0.15, 0.2) is 18.2 Å². The van der Waals surface area contributed by atoms with Crippen LogP contribution in [0.2, 0.25) is 0 Å². The zero-order valence-corrected chi connectivity index (χ0v) is 12.2. The molecule has 0 saturated carbocycles. The maximum absolute atomic E-state index is 11.9. The molecule has 0 aliphatic carbocycles. The highest BCUT2D eigenvalue weighted by atomic mass is 16.5. The maximum Gasteiger partial charge on any atom is 0.342 e. The molecular weight excluding hydrogens is 276 g/mol.